The summed E-state index contributed by atoms with van der Waals surface area (Å²) in [6, 6.07) is 37.1. The summed E-state index contributed by atoms with van der Waals surface area (Å²) in [5.41, 5.74) is 10.6. The topological polar surface area (TPSA) is 66.7 Å². The fraction of sp³-hybridized carbons (Fsp3) is 0.105. The van der Waals surface area contributed by atoms with E-state index in [-0.39, 0.29) is 0 Å². The summed E-state index contributed by atoms with van der Waals surface area (Å²) in [6.45, 7) is 3.95. The summed E-state index contributed by atoms with van der Waals surface area (Å²) < 4.78 is 1.90. The Morgan fingerprint density at radius 2 is 1.27 bits per heavy atom. The van der Waals surface area contributed by atoms with E-state index in [2.05, 4.69) is 66.5 Å². The van der Waals surface area contributed by atoms with E-state index in [1.54, 1.807) is 6.82 Å². The summed E-state index contributed by atoms with van der Waals surface area (Å²) in [6.07, 6.45) is 4.98. The number of halogens is 1. The Morgan fingerprint density at radius 1 is 0.711 bits per heavy atom. The molecule has 0 saturated heterocycles. The number of benzene rings is 4. The number of hydrogen-bond donors (Lipinski definition) is 2. The lowest BCUT2D eigenvalue weighted by Gasteiger charge is -2.07. The number of H-pyrrole nitrogens is 1. The molecule has 0 spiro atoms. The minimum Gasteiger partial charge on any atom is -0.432 e. The zero-order valence-corrected chi connectivity index (χ0v) is 26.0. The Kier molecular flexibility index (Phi) is 7.84. The van der Waals surface area contributed by atoms with Crippen molar-refractivity contribution >= 4 is 62.3 Å². The molecule has 0 aliphatic heterocycles. The number of aromatic nitrogens is 4. The number of para-hydroxylation sites is 4. The van der Waals surface area contributed by atoms with E-state index in [9.17, 15) is 5.02 Å². The van der Waals surface area contributed by atoms with Gasteiger partial charge in [0.1, 0.15) is 0 Å². The molecule has 2 N–H and O–H groups in total. The highest BCUT2D eigenvalue weighted by Crippen LogP contribution is 2.33. The number of nitrogens with zero attached hydrogens (tertiary/aromatic N) is 3. The second-order valence-corrected chi connectivity index (χ2v) is 11.5. The maximum absolute atomic E-state index is 10.1. The Balaban J connectivity index is 0.000000146. The molecule has 0 aliphatic carbocycles. The van der Waals surface area contributed by atoms with E-state index in [0.717, 1.165) is 67.3 Å². The summed E-state index contributed by atoms with van der Waals surface area (Å²) >= 11 is 6.12. The highest BCUT2D eigenvalue weighted by Gasteiger charge is 2.17. The van der Waals surface area contributed by atoms with Crippen molar-refractivity contribution in [3.05, 3.63) is 133 Å². The lowest BCUT2D eigenvalue weighted by atomic mass is 9.88. The van der Waals surface area contributed by atoms with Crippen molar-refractivity contribution in [2.45, 2.75) is 26.0 Å². The third-order valence-corrected chi connectivity index (χ3v) is 8.70. The highest BCUT2D eigenvalue weighted by atomic mass is 35.5. The predicted octanol–water partition coefficient (Wildman–Crippen LogP) is 9.50. The SMILES string of the molecule is CCc1cc(-c2cn(B(C)O)c3ccccc23)nc2ccccc12.ClCc1cc(-c2c[nH]c3ccccc23)nc2ccccc12. The average molecular weight is 607 g/mol. The number of aromatic amines is 1. The molecule has 0 fully saturated rings. The Bertz CT molecular complexity index is 2310. The Morgan fingerprint density at radius 3 is 1.93 bits per heavy atom. The molecule has 7 heteroatoms. The van der Waals surface area contributed by atoms with Crippen molar-refractivity contribution in [3.63, 3.8) is 0 Å². The first kappa shape index (κ1) is 28.8. The highest BCUT2D eigenvalue weighted by molar-refractivity contribution is 6.48. The van der Waals surface area contributed by atoms with Gasteiger partial charge in [-0.1, -0.05) is 79.7 Å². The van der Waals surface area contributed by atoms with Gasteiger partial charge in [0.15, 0.2) is 0 Å². The van der Waals surface area contributed by atoms with Gasteiger partial charge in [0.25, 0.3) is 0 Å². The van der Waals surface area contributed by atoms with Crippen molar-refractivity contribution in [2.24, 2.45) is 0 Å². The van der Waals surface area contributed by atoms with Crippen LogP contribution < -0.4 is 0 Å². The molecule has 0 unspecified atom stereocenters. The van der Waals surface area contributed by atoms with Gasteiger partial charge in [0.05, 0.1) is 22.4 Å². The number of aryl methyl sites for hydroxylation is 1. The van der Waals surface area contributed by atoms with Gasteiger partial charge in [-0.15, -0.1) is 11.6 Å². The molecule has 8 rings (SSSR count). The van der Waals surface area contributed by atoms with E-state index in [4.69, 9.17) is 21.6 Å². The number of rotatable bonds is 5. The van der Waals surface area contributed by atoms with Gasteiger partial charge in [-0.25, -0.2) is 9.97 Å². The lowest BCUT2D eigenvalue weighted by Crippen LogP contribution is -2.17. The fourth-order valence-corrected chi connectivity index (χ4v) is 6.40. The van der Waals surface area contributed by atoms with Crippen LogP contribution in [0.15, 0.2) is 122 Å². The van der Waals surface area contributed by atoms with Crippen molar-refractivity contribution in [2.75, 3.05) is 0 Å². The maximum Gasteiger partial charge on any atom is 0.413 e. The normalized spacial score (nSPS) is 11.3. The number of pyridine rings is 2. The summed E-state index contributed by atoms with van der Waals surface area (Å²) in [5, 5.41) is 14.7. The molecule has 0 atom stereocenters. The van der Waals surface area contributed by atoms with Gasteiger partial charge < -0.3 is 14.5 Å². The van der Waals surface area contributed by atoms with Crippen LogP contribution in [0.5, 0.6) is 0 Å². The summed E-state index contributed by atoms with van der Waals surface area (Å²) in [4.78, 5) is 13.0. The average Bonchev–Trinajstić information content (AvgIpc) is 3.70. The smallest absolute Gasteiger partial charge is 0.413 e. The third-order valence-electron chi connectivity index (χ3n) is 8.41. The first-order valence-electron chi connectivity index (χ1n) is 15.2. The van der Waals surface area contributed by atoms with Crippen LogP contribution in [-0.4, -0.2) is 31.5 Å². The molecule has 5 nitrogen and oxygen atoms in total. The van der Waals surface area contributed by atoms with Gasteiger partial charge in [-0.2, -0.15) is 0 Å². The monoisotopic (exact) mass is 606 g/mol. The van der Waals surface area contributed by atoms with Crippen LogP contribution in [0.3, 0.4) is 0 Å². The fourth-order valence-electron chi connectivity index (χ4n) is 6.18. The van der Waals surface area contributed by atoms with E-state index in [1.165, 1.54) is 16.3 Å². The zero-order chi connectivity index (χ0) is 30.9. The predicted molar refractivity (Wildman–Crippen MR) is 190 cm³/mol. The van der Waals surface area contributed by atoms with Crippen LogP contribution in [0.1, 0.15) is 18.1 Å². The van der Waals surface area contributed by atoms with Crippen LogP contribution in [0.4, 0.5) is 0 Å². The minimum absolute atomic E-state index is 0.485. The number of fused-ring (bicyclic) bond motifs is 4. The van der Waals surface area contributed by atoms with Crippen molar-refractivity contribution in [3.8, 4) is 22.5 Å². The van der Waals surface area contributed by atoms with Crippen LogP contribution in [-0.2, 0) is 12.3 Å². The molecule has 4 heterocycles. The van der Waals surface area contributed by atoms with E-state index in [0.29, 0.717) is 5.88 Å². The van der Waals surface area contributed by atoms with E-state index in [1.807, 2.05) is 71.5 Å². The molecule has 220 valence electrons. The molecule has 0 aliphatic rings. The molecule has 0 bridgehead atoms. The molecule has 0 amide bonds. The van der Waals surface area contributed by atoms with Gasteiger partial charge in [-0.3, -0.25) is 0 Å². The summed E-state index contributed by atoms with van der Waals surface area (Å²) in [7, 11) is -0.574. The van der Waals surface area contributed by atoms with Crippen molar-refractivity contribution in [1.29, 1.82) is 0 Å². The van der Waals surface area contributed by atoms with Crippen LogP contribution in [0, 0.1) is 0 Å². The van der Waals surface area contributed by atoms with E-state index < -0.39 is 7.05 Å². The van der Waals surface area contributed by atoms with Crippen LogP contribution >= 0.6 is 11.6 Å². The van der Waals surface area contributed by atoms with Gasteiger partial charge in [0, 0.05) is 62.0 Å². The molecular formula is C38H32BClN4O. The molecule has 8 aromatic rings. The molecular weight excluding hydrogens is 575 g/mol. The van der Waals surface area contributed by atoms with Crippen LogP contribution in [0.25, 0.3) is 66.1 Å². The molecule has 4 aromatic heterocycles. The van der Waals surface area contributed by atoms with Gasteiger partial charge >= 0.3 is 7.05 Å². The van der Waals surface area contributed by atoms with Gasteiger partial charge in [0.2, 0.25) is 0 Å². The molecule has 4 aromatic carbocycles. The maximum atomic E-state index is 10.1. The first-order valence-corrected chi connectivity index (χ1v) is 15.8. The molecule has 45 heavy (non-hydrogen) atoms. The third kappa shape index (κ3) is 5.37. The van der Waals surface area contributed by atoms with Crippen LogP contribution in [0.2, 0.25) is 6.82 Å². The Labute approximate surface area is 267 Å². The first-order chi connectivity index (χ1) is 22.1. The summed E-state index contributed by atoms with van der Waals surface area (Å²) in [5.74, 6) is 0.485. The van der Waals surface area contributed by atoms with Gasteiger partial charge in [-0.05, 0) is 60.8 Å². The van der Waals surface area contributed by atoms with E-state index >= 15 is 0 Å². The second kappa shape index (κ2) is 12.2. The minimum atomic E-state index is -0.574. The lowest BCUT2D eigenvalue weighted by molar-refractivity contribution is 0.566. The number of alkyl halides is 1. The second-order valence-electron chi connectivity index (χ2n) is 11.2. The Hall–Kier alpha value is -4.91. The quantitative estimate of drug-likeness (QED) is 0.151. The largest absolute Gasteiger partial charge is 0.432 e. The number of nitrogens with one attached hydrogen (secondary N) is 1. The van der Waals surface area contributed by atoms with Crippen molar-refractivity contribution < 1.29 is 5.02 Å². The standard InChI is InChI=1S/C20H19BN2O.C18H13ClN2/c1-3-14-12-19(22-18-10-6-4-8-15(14)18)17-13-23(21(2)24)20-11-7-5-9-16(17)20;19-10-12-9-18(21-17-8-4-1-5-13(12)17)15-11-20-16-7-3-2-6-14(15)16/h4-13,24H,3H2,1-2H3;1-9,11,20H,10H2. The molecule has 0 radical (unpaired) electrons. The zero-order valence-electron chi connectivity index (χ0n) is 25.2. The van der Waals surface area contributed by atoms with Crippen molar-refractivity contribution in [1.82, 2.24) is 19.4 Å². The molecule has 0 saturated carbocycles. The number of hydrogen-bond acceptors (Lipinski definition) is 3.